The van der Waals surface area contributed by atoms with Crippen LogP contribution in [-0.4, -0.2) is 6.54 Å². The standard InChI is InChI=1S/C11H16ClN/c1-9(6-7-13)8-10-4-2-3-5-11(10)12/h2-5,9H,6-8,13H2,1H3. The third-order valence-corrected chi connectivity index (χ3v) is 2.55. The molecule has 13 heavy (non-hydrogen) atoms. The lowest BCUT2D eigenvalue weighted by molar-refractivity contribution is 0.538. The molecular weight excluding hydrogens is 182 g/mol. The topological polar surface area (TPSA) is 26.0 Å². The van der Waals surface area contributed by atoms with E-state index in [1.165, 1.54) is 5.56 Å². The largest absolute Gasteiger partial charge is 0.330 e. The molecule has 0 bridgehead atoms. The molecule has 1 atom stereocenters. The van der Waals surface area contributed by atoms with Gasteiger partial charge in [0.1, 0.15) is 0 Å². The highest BCUT2D eigenvalue weighted by molar-refractivity contribution is 6.31. The van der Waals surface area contributed by atoms with Gasteiger partial charge in [0, 0.05) is 5.02 Å². The maximum Gasteiger partial charge on any atom is 0.0438 e. The number of hydrogen-bond donors (Lipinski definition) is 1. The summed E-state index contributed by atoms with van der Waals surface area (Å²) >= 11 is 6.04. The third-order valence-electron chi connectivity index (χ3n) is 2.19. The van der Waals surface area contributed by atoms with Crippen molar-refractivity contribution in [3.63, 3.8) is 0 Å². The Bertz CT molecular complexity index is 260. The summed E-state index contributed by atoms with van der Waals surface area (Å²) in [5, 5.41) is 0.867. The van der Waals surface area contributed by atoms with Crippen molar-refractivity contribution in [1.29, 1.82) is 0 Å². The van der Waals surface area contributed by atoms with Crippen LogP contribution < -0.4 is 5.73 Å². The lowest BCUT2D eigenvalue weighted by atomic mass is 9.98. The van der Waals surface area contributed by atoms with E-state index in [0.717, 1.165) is 24.4 Å². The molecule has 0 heterocycles. The van der Waals surface area contributed by atoms with Crippen LogP contribution in [0.25, 0.3) is 0 Å². The summed E-state index contributed by atoms with van der Waals surface area (Å²) in [5.74, 6) is 0.616. The van der Waals surface area contributed by atoms with E-state index in [1.54, 1.807) is 0 Å². The summed E-state index contributed by atoms with van der Waals surface area (Å²) in [6.07, 6.45) is 2.09. The Morgan fingerprint density at radius 2 is 2.08 bits per heavy atom. The van der Waals surface area contributed by atoms with Gasteiger partial charge in [-0.1, -0.05) is 36.7 Å². The molecule has 1 aromatic carbocycles. The molecule has 0 aliphatic heterocycles. The number of benzene rings is 1. The van der Waals surface area contributed by atoms with Crippen molar-refractivity contribution in [3.05, 3.63) is 34.9 Å². The molecule has 0 saturated heterocycles. The summed E-state index contributed by atoms with van der Waals surface area (Å²) in [7, 11) is 0. The van der Waals surface area contributed by atoms with E-state index in [4.69, 9.17) is 17.3 Å². The maximum absolute atomic E-state index is 6.04. The third kappa shape index (κ3) is 3.37. The number of halogens is 1. The first-order chi connectivity index (χ1) is 6.24. The quantitative estimate of drug-likeness (QED) is 0.790. The molecule has 0 saturated carbocycles. The van der Waals surface area contributed by atoms with E-state index in [2.05, 4.69) is 13.0 Å². The van der Waals surface area contributed by atoms with Crippen LogP contribution in [-0.2, 0) is 6.42 Å². The van der Waals surface area contributed by atoms with Crippen LogP contribution in [0.4, 0.5) is 0 Å². The zero-order chi connectivity index (χ0) is 9.68. The fraction of sp³-hybridized carbons (Fsp3) is 0.455. The molecule has 1 unspecified atom stereocenters. The van der Waals surface area contributed by atoms with Gasteiger partial charge in [-0.2, -0.15) is 0 Å². The number of nitrogens with two attached hydrogens (primary N) is 1. The second-order valence-electron chi connectivity index (χ2n) is 3.48. The van der Waals surface area contributed by atoms with Gasteiger partial charge in [-0.3, -0.25) is 0 Å². The zero-order valence-electron chi connectivity index (χ0n) is 7.96. The van der Waals surface area contributed by atoms with Crippen LogP contribution in [0.1, 0.15) is 18.9 Å². The van der Waals surface area contributed by atoms with Crippen LogP contribution in [0.5, 0.6) is 0 Å². The van der Waals surface area contributed by atoms with Gasteiger partial charge < -0.3 is 5.73 Å². The Labute approximate surface area is 84.9 Å². The average Bonchev–Trinajstić information content (AvgIpc) is 2.09. The molecule has 0 fully saturated rings. The van der Waals surface area contributed by atoms with Gasteiger partial charge in [0.15, 0.2) is 0 Å². The highest BCUT2D eigenvalue weighted by Gasteiger charge is 2.04. The molecule has 1 rings (SSSR count). The van der Waals surface area contributed by atoms with Gasteiger partial charge in [0.05, 0.1) is 0 Å². The van der Waals surface area contributed by atoms with Gasteiger partial charge in [-0.15, -0.1) is 0 Å². The summed E-state index contributed by atoms with van der Waals surface area (Å²) < 4.78 is 0. The predicted molar refractivity (Wildman–Crippen MR) is 58.0 cm³/mol. The Hall–Kier alpha value is -0.530. The van der Waals surface area contributed by atoms with E-state index in [-0.39, 0.29) is 0 Å². The number of hydrogen-bond acceptors (Lipinski definition) is 1. The van der Waals surface area contributed by atoms with Gasteiger partial charge >= 0.3 is 0 Å². The van der Waals surface area contributed by atoms with E-state index in [1.807, 2.05) is 18.2 Å². The van der Waals surface area contributed by atoms with E-state index in [9.17, 15) is 0 Å². The normalized spacial score (nSPS) is 12.8. The molecular formula is C11H16ClN. The lowest BCUT2D eigenvalue weighted by Gasteiger charge is -2.10. The lowest BCUT2D eigenvalue weighted by Crippen LogP contribution is -2.08. The molecule has 2 heteroatoms. The van der Waals surface area contributed by atoms with E-state index >= 15 is 0 Å². The van der Waals surface area contributed by atoms with Crippen molar-refractivity contribution in [2.75, 3.05) is 6.54 Å². The van der Waals surface area contributed by atoms with Crippen molar-refractivity contribution >= 4 is 11.6 Å². The van der Waals surface area contributed by atoms with E-state index < -0.39 is 0 Å². The van der Waals surface area contributed by atoms with Gasteiger partial charge in [-0.05, 0) is 36.9 Å². The molecule has 72 valence electrons. The molecule has 0 amide bonds. The average molecular weight is 198 g/mol. The van der Waals surface area contributed by atoms with Crippen LogP contribution in [0.3, 0.4) is 0 Å². The number of rotatable bonds is 4. The molecule has 0 spiro atoms. The van der Waals surface area contributed by atoms with Crippen LogP contribution >= 0.6 is 11.6 Å². The Morgan fingerprint density at radius 3 is 2.69 bits per heavy atom. The molecule has 1 aromatic rings. The first-order valence-electron chi connectivity index (χ1n) is 4.67. The van der Waals surface area contributed by atoms with E-state index in [0.29, 0.717) is 5.92 Å². The molecule has 0 radical (unpaired) electrons. The molecule has 0 aromatic heterocycles. The highest BCUT2D eigenvalue weighted by atomic mass is 35.5. The van der Waals surface area contributed by atoms with Crippen LogP contribution in [0, 0.1) is 5.92 Å². The summed E-state index contributed by atoms with van der Waals surface area (Å²) in [6, 6.07) is 8.00. The van der Waals surface area contributed by atoms with Crippen LogP contribution in [0.2, 0.25) is 5.02 Å². The monoisotopic (exact) mass is 197 g/mol. The van der Waals surface area contributed by atoms with Crippen LogP contribution in [0.15, 0.2) is 24.3 Å². The minimum atomic E-state index is 0.616. The van der Waals surface area contributed by atoms with Crippen molar-refractivity contribution in [2.24, 2.45) is 11.7 Å². The molecule has 1 nitrogen and oxygen atoms in total. The van der Waals surface area contributed by atoms with Crippen molar-refractivity contribution < 1.29 is 0 Å². The van der Waals surface area contributed by atoms with Crippen molar-refractivity contribution in [1.82, 2.24) is 0 Å². The van der Waals surface area contributed by atoms with Gasteiger partial charge in [0.2, 0.25) is 0 Å². The van der Waals surface area contributed by atoms with Crippen molar-refractivity contribution in [2.45, 2.75) is 19.8 Å². The first-order valence-corrected chi connectivity index (χ1v) is 5.05. The van der Waals surface area contributed by atoms with Crippen molar-refractivity contribution in [3.8, 4) is 0 Å². The molecule has 2 N–H and O–H groups in total. The molecule has 0 aliphatic rings. The fourth-order valence-corrected chi connectivity index (χ4v) is 1.64. The second kappa shape index (κ2) is 5.25. The highest BCUT2D eigenvalue weighted by Crippen LogP contribution is 2.19. The fourth-order valence-electron chi connectivity index (χ4n) is 1.43. The first kappa shape index (κ1) is 10.6. The maximum atomic E-state index is 6.04. The minimum absolute atomic E-state index is 0.616. The Kier molecular flexibility index (Phi) is 4.26. The Morgan fingerprint density at radius 1 is 1.38 bits per heavy atom. The zero-order valence-corrected chi connectivity index (χ0v) is 8.72. The smallest absolute Gasteiger partial charge is 0.0438 e. The van der Waals surface area contributed by atoms with Gasteiger partial charge in [-0.25, -0.2) is 0 Å². The molecule has 0 aliphatic carbocycles. The minimum Gasteiger partial charge on any atom is -0.330 e. The SMILES string of the molecule is CC(CCN)Cc1ccccc1Cl. The second-order valence-corrected chi connectivity index (χ2v) is 3.89. The summed E-state index contributed by atoms with van der Waals surface area (Å²) in [6.45, 7) is 2.96. The summed E-state index contributed by atoms with van der Waals surface area (Å²) in [4.78, 5) is 0. The van der Waals surface area contributed by atoms with Gasteiger partial charge in [0.25, 0.3) is 0 Å². The predicted octanol–water partition coefficient (Wildman–Crippen LogP) is 2.87. The Balaban J connectivity index is 2.58. The summed E-state index contributed by atoms with van der Waals surface area (Å²) in [5.41, 5.74) is 6.72.